The number of carbonyl (C=O) groups excluding carboxylic acids is 1. The summed E-state index contributed by atoms with van der Waals surface area (Å²) >= 11 is 0. The van der Waals surface area contributed by atoms with E-state index in [-0.39, 0.29) is 5.91 Å². The van der Waals surface area contributed by atoms with Gasteiger partial charge >= 0.3 is 0 Å². The van der Waals surface area contributed by atoms with Crippen molar-refractivity contribution < 1.29 is 4.79 Å². The maximum Gasteiger partial charge on any atom is 0.237 e. The first-order chi connectivity index (χ1) is 9.37. The smallest absolute Gasteiger partial charge is 0.237 e. The molecular formula is C15H32N4O. The monoisotopic (exact) mass is 284 g/mol. The fourth-order valence-corrected chi connectivity index (χ4v) is 2.32. The van der Waals surface area contributed by atoms with Crippen molar-refractivity contribution in [1.82, 2.24) is 15.1 Å². The van der Waals surface area contributed by atoms with Crippen LogP contribution in [0.5, 0.6) is 0 Å². The van der Waals surface area contributed by atoms with Crippen LogP contribution in [0.15, 0.2) is 0 Å². The molecule has 1 aliphatic carbocycles. The zero-order valence-corrected chi connectivity index (χ0v) is 13.6. The van der Waals surface area contributed by atoms with Crippen LogP contribution in [0, 0.1) is 0 Å². The molecule has 1 fully saturated rings. The van der Waals surface area contributed by atoms with Crippen molar-refractivity contribution in [3.05, 3.63) is 0 Å². The van der Waals surface area contributed by atoms with Gasteiger partial charge in [0.15, 0.2) is 0 Å². The van der Waals surface area contributed by atoms with Crippen LogP contribution in [-0.4, -0.2) is 67.6 Å². The summed E-state index contributed by atoms with van der Waals surface area (Å²) in [5.41, 5.74) is 5.04. The minimum absolute atomic E-state index is 0.228. The molecule has 0 bridgehead atoms. The van der Waals surface area contributed by atoms with Crippen LogP contribution in [0.25, 0.3) is 0 Å². The first kappa shape index (κ1) is 17.4. The van der Waals surface area contributed by atoms with E-state index in [1.54, 1.807) is 0 Å². The normalized spacial score (nSPS) is 18.5. The topological polar surface area (TPSA) is 61.6 Å². The van der Waals surface area contributed by atoms with Gasteiger partial charge in [-0.2, -0.15) is 0 Å². The lowest BCUT2D eigenvalue weighted by molar-refractivity contribution is -0.124. The fourth-order valence-electron chi connectivity index (χ4n) is 2.32. The molecule has 5 heteroatoms. The van der Waals surface area contributed by atoms with Crippen LogP contribution >= 0.6 is 0 Å². The number of hydrogen-bond acceptors (Lipinski definition) is 4. The van der Waals surface area contributed by atoms with E-state index in [4.69, 9.17) is 5.73 Å². The Bertz CT molecular complexity index is 304. The van der Waals surface area contributed by atoms with Crippen molar-refractivity contribution in [2.45, 2.75) is 51.1 Å². The molecule has 0 aromatic rings. The number of amides is 1. The first-order valence-corrected chi connectivity index (χ1v) is 7.82. The van der Waals surface area contributed by atoms with Gasteiger partial charge in [-0.05, 0) is 53.2 Å². The number of hydrogen-bond donors (Lipinski definition) is 2. The van der Waals surface area contributed by atoms with E-state index in [1.807, 2.05) is 6.92 Å². The number of nitrogens with zero attached hydrogens (tertiary/aromatic N) is 2. The molecule has 0 aromatic carbocycles. The Morgan fingerprint density at radius 1 is 1.25 bits per heavy atom. The highest BCUT2D eigenvalue weighted by molar-refractivity contribution is 5.84. The van der Waals surface area contributed by atoms with Crippen LogP contribution in [0.4, 0.5) is 0 Å². The lowest BCUT2D eigenvalue weighted by atomic mass is 9.96. The molecule has 0 radical (unpaired) electrons. The predicted octanol–water partition coefficient (Wildman–Crippen LogP) is 0.646. The predicted molar refractivity (Wildman–Crippen MR) is 83.7 cm³/mol. The molecular weight excluding hydrogens is 252 g/mol. The molecule has 118 valence electrons. The first-order valence-electron chi connectivity index (χ1n) is 7.82. The van der Waals surface area contributed by atoms with Gasteiger partial charge in [0.1, 0.15) is 0 Å². The van der Waals surface area contributed by atoms with E-state index in [9.17, 15) is 4.79 Å². The van der Waals surface area contributed by atoms with Gasteiger partial charge in [0.2, 0.25) is 5.91 Å². The van der Waals surface area contributed by atoms with Crippen molar-refractivity contribution in [1.29, 1.82) is 0 Å². The molecule has 0 spiro atoms. The summed E-state index contributed by atoms with van der Waals surface area (Å²) in [6, 6.07) is 0.494. The molecule has 1 amide bonds. The number of carbonyl (C=O) groups is 1. The van der Waals surface area contributed by atoms with Crippen molar-refractivity contribution in [3.8, 4) is 0 Å². The lowest BCUT2D eigenvalue weighted by Gasteiger charge is -2.31. The van der Waals surface area contributed by atoms with Crippen molar-refractivity contribution in [2.75, 3.05) is 40.3 Å². The van der Waals surface area contributed by atoms with Gasteiger partial charge in [-0.25, -0.2) is 0 Å². The number of rotatable bonds is 11. The Kier molecular flexibility index (Phi) is 6.92. The molecule has 1 atom stereocenters. The van der Waals surface area contributed by atoms with E-state index >= 15 is 0 Å². The van der Waals surface area contributed by atoms with Gasteiger partial charge in [-0.15, -0.1) is 0 Å². The summed E-state index contributed by atoms with van der Waals surface area (Å²) in [4.78, 5) is 16.4. The quantitative estimate of drug-likeness (QED) is 0.585. The van der Waals surface area contributed by atoms with Crippen molar-refractivity contribution >= 4 is 5.91 Å². The van der Waals surface area contributed by atoms with E-state index in [0.717, 1.165) is 39.0 Å². The Hall–Kier alpha value is -0.650. The van der Waals surface area contributed by atoms with Gasteiger partial charge in [-0.1, -0.05) is 6.92 Å². The molecule has 20 heavy (non-hydrogen) atoms. The number of nitrogens with two attached hydrogens (primary N) is 1. The summed E-state index contributed by atoms with van der Waals surface area (Å²) in [6.45, 7) is 8.22. The highest BCUT2D eigenvalue weighted by Crippen LogP contribution is 2.24. The summed E-state index contributed by atoms with van der Waals surface area (Å²) in [5, 5.41) is 3.42. The van der Waals surface area contributed by atoms with Crippen LogP contribution < -0.4 is 11.1 Å². The summed E-state index contributed by atoms with van der Waals surface area (Å²) < 4.78 is 0. The van der Waals surface area contributed by atoms with E-state index < -0.39 is 5.54 Å². The van der Waals surface area contributed by atoms with E-state index in [2.05, 4.69) is 36.1 Å². The van der Waals surface area contributed by atoms with Crippen molar-refractivity contribution in [2.24, 2.45) is 5.73 Å². The molecule has 3 N–H and O–H groups in total. The van der Waals surface area contributed by atoms with Gasteiger partial charge in [0.05, 0.1) is 5.54 Å². The Balaban J connectivity index is 2.46. The molecule has 1 rings (SSSR count). The van der Waals surface area contributed by atoms with Gasteiger partial charge < -0.3 is 20.9 Å². The van der Waals surface area contributed by atoms with E-state index in [1.165, 1.54) is 12.8 Å². The van der Waals surface area contributed by atoms with Crippen LogP contribution in [0.1, 0.15) is 39.5 Å². The zero-order chi connectivity index (χ0) is 15.2. The highest BCUT2D eigenvalue weighted by atomic mass is 16.1. The third-order valence-corrected chi connectivity index (χ3v) is 3.98. The van der Waals surface area contributed by atoms with Gasteiger partial charge in [-0.3, -0.25) is 4.79 Å². The van der Waals surface area contributed by atoms with Crippen molar-refractivity contribution in [3.63, 3.8) is 0 Å². The molecule has 0 aliphatic heterocycles. The molecule has 1 unspecified atom stereocenters. The third-order valence-electron chi connectivity index (χ3n) is 3.98. The molecule has 1 saturated carbocycles. The third kappa shape index (κ3) is 6.20. The second-order valence-electron chi connectivity index (χ2n) is 6.51. The lowest BCUT2D eigenvalue weighted by Crippen LogP contribution is -2.55. The largest absolute Gasteiger partial charge is 0.368 e. The van der Waals surface area contributed by atoms with Crippen LogP contribution in [-0.2, 0) is 4.79 Å². The van der Waals surface area contributed by atoms with E-state index in [0.29, 0.717) is 6.04 Å². The number of nitrogens with one attached hydrogen (secondary N) is 1. The minimum Gasteiger partial charge on any atom is -0.368 e. The molecule has 1 aliphatic rings. The van der Waals surface area contributed by atoms with Crippen LogP contribution in [0.2, 0.25) is 0 Å². The summed E-state index contributed by atoms with van der Waals surface area (Å²) in [5.74, 6) is -0.228. The van der Waals surface area contributed by atoms with Gasteiger partial charge in [0, 0.05) is 25.7 Å². The Morgan fingerprint density at radius 3 is 2.35 bits per heavy atom. The van der Waals surface area contributed by atoms with Gasteiger partial charge in [0.25, 0.3) is 0 Å². The second-order valence-corrected chi connectivity index (χ2v) is 6.51. The average molecular weight is 284 g/mol. The standard InChI is InChI=1S/C15H32N4O/c1-5-9-19(12-11-18(3)4)10-8-15(2,14(16)20)17-13-6-7-13/h13,17H,5-12H2,1-4H3,(H2,16,20). The Labute approximate surface area is 123 Å². The molecule has 0 heterocycles. The fraction of sp³-hybridized carbons (Fsp3) is 0.933. The zero-order valence-electron chi connectivity index (χ0n) is 13.6. The minimum atomic E-state index is -0.564. The molecule has 0 saturated heterocycles. The van der Waals surface area contributed by atoms with Crippen LogP contribution in [0.3, 0.4) is 0 Å². The maximum atomic E-state index is 11.8. The second kappa shape index (κ2) is 7.96. The molecule has 0 aromatic heterocycles. The summed E-state index contributed by atoms with van der Waals surface area (Å²) in [6.07, 6.45) is 4.26. The SMILES string of the molecule is CCCN(CCN(C)C)CCC(C)(NC1CC1)C(N)=O. The summed E-state index contributed by atoms with van der Waals surface area (Å²) in [7, 11) is 4.18. The highest BCUT2D eigenvalue weighted by Gasteiger charge is 2.36. The Morgan fingerprint density at radius 2 is 1.90 bits per heavy atom. The number of primary amides is 1. The number of likely N-dealkylation sites (N-methyl/N-ethyl adjacent to an activating group) is 1. The molecule has 5 nitrogen and oxygen atoms in total. The maximum absolute atomic E-state index is 11.8. The average Bonchev–Trinajstić information content (AvgIpc) is 3.16.